The first kappa shape index (κ1) is 13.1. The molecule has 2 aliphatic heterocycles. The first-order valence-electron chi connectivity index (χ1n) is 7.31. The summed E-state index contributed by atoms with van der Waals surface area (Å²) in [6, 6.07) is 2.72. The molecular formula is C14H24N4O. The number of morpholine rings is 1. The number of H-pyrrole nitrogens is 1. The summed E-state index contributed by atoms with van der Waals surface area (Å²) in [6.45, 7) is 9.47. The lowest BCUT2D eigenvalue weighted by molar-refractivity contribution is 0.0206. The van der Waals surface area contributed by atoms with Gasteiger partial charge < -0.3 is 15.0 Å². The van der Waals surface area contributed by atoms with Gasteiger partial charge in [0.05, 0.1) is 13.2 Å². The Morgan fingerprint density at radius 3 is 2.63 bits per heavy atom. The van der Waals surface area contributed by atoms with Crippen molar-refractivity contribution < 1.29 is 4.74 Å². The molecule has 0 aromatic carbocycles. The zero-order valence-corrected chi connectivity index (χ0v) is 11.5. The van der Waals surface area contributed by atoms with Gasteiger partial charge in [-0.15, -0.1) is 0 Å². The van der Waals surface area contributed by atoms with Crippen LogP contribution in [-0.2, 0) is 4.74 Å². The Morgan fingerprint density at radius 1 is 1.16 bits per heavy atom. The average molecular weight is 264 g/mol. The average Bonchev–Trinajstić information content (AvgIpc) is 3.01. The van der Waals surface area contributed by atoms with Crippen molar-refractivity contribution in [2.45, 2.75) is 6.04 Å². The molecule has 0 radical (unpaired) electrons. The lowest BCUT2D eigenvalue weighted by Gasteiger charge is -2.38. The predicted octanol–water partition coefficient (Wildman–Crippen LogP) is 0.293. The fourth-order valence-electron chi connectivity index (χ4n) is 3.00. The van der Waals surface area contributed by atoms with E-state index in [1.165, 1.54) is 5.56 Å². The number of hydrogen-bond acceptors (Lipinski definition) is 4. The molecule has 2 fully saturated rings. The van der Waals surface area contributed by atoms with Crippen LogP contribution in [0.3, 0.4) is 0 Å². The zero-order chi connectivity index (χ0) is 12.9. The Morgan fingerprint density at radius 2 is 1.95 bits per heavy atom. The van der Waals surface area contributed by atoms with Crippen LogP contribution in [0.4, 0.5) is 0 Å². The van der Waals surface area contributed by atoms with Crippen molar-refractivity contribution in [2.75, 3.05) is 59.0 Å². The second kappa shape index (κ2) is 6.52. The Labute approximate surface area is 114 Å². The SMILES string of the molecule is c1cc(C(CN2CCOCC2)N2CCNCC2)c[nH]1. The highest BCUT2D eigenvalue weighted by Gasteiger charge is 2.25. The Bertz CT molecular complexity index is 356. The first-order chi connectivity index (χ1) is 9.43. The van der Waals surface area contributed by atoms with Crippen LogP contribution < -0.4 is 5.32 Å². The van der Waals surface area contributed by atoms with Crippen molar-refractivity contribution >= 4 is 0 Å². The van der Waals surface area contributed by atoms with Crippen molar-refractivity contribution in [3.8, 4) is 0 Å². The second-order valence-corrected chi connectivity index (χ2v) is 5.36. The smallest absolute Gasteiger partial charge is 0.0594 e. The largest absolute Gasteiger partial charge is 0.379 e. The molecule has 106 valence electrons. The normalized spacial score (nSPS) is 24.4. The number of aromatic amines is 1. The minimum atomic E-state index is 0.506. The lowest BCUT2D eigenvalue weighted by Crippen LogP contribution is -2.49. The van der Waals surface area contributed by atoms with Crippen LogP contribution in [-0.4, -0.2) is 73.8 Å². The van der Waals surface area contributed by atoms with E-state index in [1.807, 2.05) is 6.20 Å². The van der Waals surface area contributed by atoms with Crippen molar-refractivity contribution in [3.05, 3.63) is 24.0 Å². The molecule has 0 saturated carbocycles. The summed E-state index contributed by atoms with van der Waals surface area (Å²) in [5.41, 5.74) is 1.41. The van der Waals surface area contributed by atoms with Crippen LogP contribution in [0.15, 0.2) is 18.5 Å². The fraction of sp³-hybridized carbons (Fsp3) is 0.714. The van der Waals surface area contributed by atoms with Crippen LogP contribution in [0.25, 0.3) is 0 Å². The summed E-state index contributed by atoms with van der Waals surface area (Å²) in [6.07, 6.45) is 4.18. The Kier molecular flexibility index (Phi) is 4.50. The molecule has 19 heavy (non-hydrogen) atoms. The summed E-state index contributed by atoms with van der Waals surface area (Å²) >= 11 is 0. The van der Waals surface area contributed by atoms with Crippen LogP contribution in [0.2, 0.25) is 0 Å². The molecule has 3 heterocycles. The van der Waals surface area contributed by atoms with E-state index in [9.17, 15) is 0 Å². The van der Waals surface area contributed by atoms with E-state index in [1.54, 1.807) is 0 Å². The van der Waals surface area contributed by atoms with Gasteiger partial charge in [-0.25, -0.2) is 0 Å². The zero-order valence-electron chi connectivity index (χ0n) is 11.5. The van der Waals surface area contributed by atoms with E-state index in [2.05, 4.69) is 32.4 Å². The maximum Gasteiger partial charge on any atom is 0.0594 e. The van der Waals surface area contributed by atoms with Gasteiger partial charge >= 0.3 is 0 Å². The first-order valence-corrected chi connectivity index (χ1v) is 7.31. The quantitative estimate of drug-likeness (QED) is 0.820. The van der Waals surface area contributed by atoms with Gasteiger partial charge in [0, 0.05) is 64.2 Å². The van der Waals surface area contributed by atoms with E-state index in [4.69, 9.17) is 4.74 Å². The summed E-state index contributed by atoms with van der Waals surface area (Å²) in [7, 11) is 0. The third-order valence-electron chi connectivity index (χ3n) is 4.13. The van der Waals surface area contributed by atoms with Crippen LogP contribution >= 0.6 is 0 Å². The van der Waals surface area contributed by atoms with Crippen LogP contribution in [0, 0.1) is 0 Å². The van der Waals surface area contributed by atoms with Gasteiger partial charge in [0.15, 0.2) is 0 Å². The molecule has 2 aliphatic rings. The number of piperazine rings is 1. The molecule has 5 heteroatoms. The Balaban J connectivity index is 1.68. The highest BCUT2D eigenvalue weighted by Crippen LogP contribution is 2.22. The summed E-state index contributed by atoms with van der Waals surface area (Å²) in [5, 5.41) is 3.44. The summed E-state index contributed by atoms with van der Waals surface area (Å²) in [4.78, 5) is 8.34. The van der Waals surface area contributed by atoms with E-state index >= 15 is 0 Å². The van der Waals surface area contributed by atoms with Gasteiger partial charge in [-0.3, -0.25) is 9.80 Å². The van der Waals surface area contributed by atoms with E-state index in [0.29, 0.717) is 6.04 Å². The fourth-order valence-corrected chi connectivity index (χ4v) is 3.00. The van der Waals surface area contributed by atoms with Crippen molar-refractivity contribution in [1.29, 1.82) is 0 Å². The number of ether oxygens (including phenoxy) is 1. The molecule has 1 atom stereocenters. The van der Waals surface area contributed by atoms with Gasteiger partial charge in [-0.05, 0) is 11.6 Å². The molecule has 0 amide bonds. The third kappa shape index (κ3) is 3.36. The molecule has 0 spiro atoms. The van der Waals surface area contributed by atoms with Crippen LogP contribution in [0.5, 0.6) is 0 Å². The van der Waals surface area contributed by atoms with Gasteiger partial charge in [-0.1, -0.05) is 0 Å². The molecule has 0 bridgehead atoms. The summed E-state index contributed by atoms with van der Waals surface area (Å²) in [5.74, 6) is 0. The van der Waals surface area contributed by atoms with Crippen molar-refractivity contribution in [2.24, 2.45) is 0 Å². The van der Waals surface area contributed by atoms with E-state index in [0.717, 1.165) is 59.0 Å². The molecule has 3 rings (SSSR count). The molecule has 2 saturated heterocycles. The molecule has 1 aromatic heterocycles. The molecule has 1 aromatic rings. The van der Waals surface area contributed by atoms with E-state index < -0.39 is 0 Å². The number of hydrogen-bond donors (Lipinski definition) is 2. The van der Waals surface area contributed by atoms with Crippen molar-refractivity contribution in [1.82, 2.24) is 20.1 Å². The Hall–Kier alpha value is -0.880. The molecule has 5 nitrogen and oxygen atoms in total. The number of nitrogens with zero attached hydrogens (tertiary/aromatic N) is 2. The lowest BCUT2D eigenvalue weighted by atomic mass is 10.1. The molecule has 0 aliphatic carbocycles. The van der Waals surface area contributed by atoms with Crippen molar-refractivity contribution in [3.63, 3.8) is 0 Å². The molecule has 2 N–H and O–H groups in total. The highest BCUT2D eigenvalue weighted by molar-refractivity contribution is 5.15. The maximum absolute atomic E-state index is 5.45. The van der Waals surface area contributed by atoms with Gasteiger partial charge in [0.1, 0.15) is 0 Å². The van der Waals surface area contributed by atoms with Gasteiger partial charge in [0.25, 0.3) is 0 Å². The summed E-state index contributed by atoms with van der Waals surface area (Å²) < 4.78 is 5.45. The minimum Gasteiger partial charge on any atom is -0.379 e. The molecular weight excluding hydrogens is 240 g/mol. The van der Waals surface area contributed by atoms with E-state index in [-0.39, 0.29) is 0 Å². The third-order valence-corrected chi connectivity index (χ3v) is 4.13. The minimum absolute atomic E-state index is 0.506. The van der Waals surface area contributed by atoms with Gasteiger partial charge in [-0.2, -0.15) is 0 Å². The maximum atomic E-state index is 5.45. The second-order valence-electron chi connectivity index (χ2n) is 5.36. The number of nitrogens with one attached hydrogen (secondary N) is 2. The monoisotopic (exact) mass is 264 g/mol. The van der Waals surface area contributed by atoms with Gasteiger partial charge in [0.2, 0.25) is 0 Å². The number of aromatic nitrogens is 1. The highest BCUT2D eigenvalue weighted by atomic mass is 16.5. The molecule has 1 unspecified atom stereocenters. The topological polar surface area (TPSA) is 43.5 Å². The standard InChI is InChI=1S/C14H24N4O/c1-2-16-11-13(1)14(18-5-3-15-4-6-18)12-17-7-9-19-10-8-17/h1-2,11,14-16H,3-10,12H2. The predicted molar refractivity (Wildman–Crippen MR) is 75.2 cm³/mol. The van der Waals surface area contributed by atoms with Crippen LogP contribution in [0.1, 0.15) is 11.6 Å². The number of rotatable bonds is 4.